The Hall–Kier alpha value is -7.94. The van der Waals surface area contributed by atoms with E-state index in [4.69, 9.17) is 4.42 Å². The van der Waals surface area contributed by atoms with Gasteiger partial charge in [-0.3, -0.25) is 0 Å². The number of para-hydroxylation sites is 2. The van der Waals surface area contributed by atoms with Gasteiger partial charge >= 0.3 is 0 Å². The number of nitrogens with zero attached hydrogens (tertiary/aromatic N) is 1. The van der Waals surface area contributed by atoms with E-state index >= 15 is 0 Å². The van der Waals surface area contributed by atoms with Gasteiger partial charge in [-0.2, -0.15) is 0 Å². The highest BCUT2D eigenvalue weighted by molar-refractivity contribution is 6.23. The predicted molar refractivity (Wildman–Crippen MR) is 255 cm³/mol. The third-order valence-corrected chi connectivity index (χ3v) is 12.2. The molecule has 0 radical (unpaired) electrons. The minimum absolute atomic E-state index is 0.865. The summed E-state index contributed by atoms with van der Waals surface area (Å²) in [6.07, 6.45) is 0. The maximum absolute atomic E-state index is 6.88. The van der Waals surface area contributed by atoms with Crippen LogP contribution in [0.25, 0.3) is 98.4 Å². The molecule has 280 valence electrons. The smallest absolute Gasteiger partial charge is 0.160 e. The lowest BCUT2D eigenvalue weighted by Crippen LogP contribution is -2.11. The number of rotatable bonds is 6. The zero-order chi connectivity index (χ0) is 39.6. The highest BCUT2D eigenvalue weighted by atomic mass is 16.3. The normalized spacial score (nSPS) is 11.7. The highest BCUT2D eigenvalue weighted by Gasteiger charge is 2.24. The van der Waals surface area contributed by atoms with E-state index < -0.39 is 0 Å². The van der Waals surface area contributed by atoms with Crippen LogP contribution in [-0.2, 0) is 0 Å². The van der Waals surface area contributed by atoms with E-state index in [-0.39, 0.29) is 0 Å². The summed E-state index contributed by atoms with van der Waals surface area (Å²) in [4.78, 5) is 2.40. The summed E-state index contributed by atoms with van der Waals surface area (Å²) >= 11 is 0. The van der Waals surface area contributed by atoms with E-state index in [0.29, 0.717) is 0 Å². The van der Waals surface area contributed by atoms with Crippen molar-refractivity contribution in [2.24, 2.45) is 0 Å². The van der Waals surface area contributed by atoms with Crippen LogP contribution in [0.2, 0.25) is 0 Å². The van der Waals surface area contributed by atoms with E-state index in [1.807, 2.05) is 0 Å². The Balaban J connectivity index is 1.01. The van der Waals surface area contributed by atoms with E-state index in [9.17, 15) is 0 Å². The largest absolute Gasteiger partial charge is 0.454 e. The lowest BCUT2D eigenvalue weighted by atomic mass is 9.95. The van der Waals surface area contributed by atoms with Crippen LogP contribution in [0.15, 0.2) is 229 Å². The van der Waals surface area contributed by atoms with Crippen LogP contribution in [0.4, 0.5) is 17.1 Å². The number of benzene rings is 11. The number of fused-ring (bicyclic) bond motifs is 8. The van der Waals surface area contributed by atoms with Crippen molar-refractivity contribution in [3.63, 3.8) is 0 Å². The van der Waals surface area contributed by atoms with Gasteiger partial charge in [0.15, 0.2) is 5.58 Å². The highest BCUT2D eigenvalue weighted by Crippen LogP contribution is 2.48. The van der Waals surface area contributed by atoms with Crippen molar-refractivity contribution in [3.05, 3.63) is 224 Å². The van der Waals surface area contributed by atoms with Crippen LogP contribution in [-0.4, -0.2) is 0 Å². The van der Waals surface area contributed by atoms with Crippen molar-refractivity contribution in [1.29, 1.82) is 0 Å². The van der Waals surface area contributed by atoms with Gasteiger partial charge in [-0.05, 0) is 119 Å². The first-order valence-corrected chi connectivity index (χ1v) is 20.6. The molecule has 0 N–H and O–H groups in total. The molecule has 12 rings (SSSR count). The second-order valence-corrected chi connectivity index (χ2v) is 15.7. The quantitative estimate of drug-likeness (QED) is 0.168. The Labute approximate surface area is 347 Å². The number of furan rings is 1. The van der Waals surface area contributed by atoms with Crippen LogP contribution in [0.5, 0.6) is 0 Å². The van der Waals surface area contributed by atoms with Crippen LogP contribution in [0.3, 0.4) is 0 Å². The maximum Gasteiger partial charge on any atom is 0.160 e. The molecule has 1 heterocycles. The zero-order valence-electron chi connectivity index (χ0n) is 32.7. The summed E-state index contributed by atoms with van der Waals surface area (Å²) in [5.41, 5.74) is 12.0. The van der Waals surface area contributed by atoms with Crippen molar-refractivity contribution in [3.8, 4) is 33.4 Å². The average Bonchev–Trinajstić information content (AvgIpc) is 3.72. The van der Waals surface area contributed by atoms with Gasteiger partial charge in [0.1, 0.15) is 5.58 Å². The van der Waals surface area contributed by atoms with Crippen LogP contribution in [0, 0.1) is 0 Å². The number of hydrogen-bond acceptors (Lipinski definition) is 2. The minimum Gasteiger partial charge on any atom is -0.454 e. The molecule has 0 saturated heterocycles. The first kappa shape index (κ1) is 34.1. The zero-order valence-corrected chi connectivity index (χ0v) is 32.7. The Morgan fingerprint density at radius 2 is 0.817 bits per heavy atom. The fourth-order valence-corrected chi connectivity index (χ4v) is 9.26. The van der Waals surface area contributed by atoms with E-state index in [1.54, 1.807) is 0 Å². The first-order valence-electron chi connectivity index (χ1n) is 20.6. The lowest BCUT2D eigenvalue weighted by Gasteiger charge is -2.29. The second-order valence-electron chi connectivity index (χ2n) is 15.7. The Morgan fingerprint density at radius 3 is 1.58 bits per heavy atom. The molecular formula is C58H37NO. The number of anilines is 3. The fraction of sp³-hybridized carbons (Fsp3) is 0. The summed E-state index contributed by atoms with van der Waals surface area (Å²) in [6.45, 7) is 0. The maximum atomic E-state index is 6.88. The third-order valence-electron chi connectivity index (χ3n) is 12.2. The van der Waals surface area contributed by atoms with E-state index in [0.717, 1.165) is 55.5 Å². The summed E-state index contributed by atoms with van der Waals surface area (Å²) in [6, 6.07) is 81.3. The van der Waals surface area contributed by atoms with Crippen molar-refractivity contribution >= 4 is 82.1 Å². The molecule has 0 unspecified atom stereocenters. The molecule has 2 nitrogen and oxygen atoms in total. The van der Waals surface area contributed by atoms with Crippen molar-refractivity contribution in [2.75, 3.05) is 4.90 Å². The van der Waals surface area contributed by atoms with Gasteiger partial charge in [0, 0.05) is 22.0 Å². The number of hydrogen-bond donors (Lipinski definition) is 0. The molecule has 1 aromatic heterocycles. The first-order chi connectivity index (χ1) is 29.7. The van der Waals surface area contributed by atoms with Gasteiger partial charge in [-0.15, -0.1) is 0 Å². The minimum atomic E-state index is 0.865. The molecule has 0 spiro atoms. The molecule has 0 amide bonds. The molecular weight excluding hydrogens is 727 g/mol. The van der Waals surface area contributed by atoms with Crippen molar-refractivity contribution in [2.45, 2.75) is 0 Å². The van der Waals surface area contributed by atoms with Crippen LogP contribution >= 0.6 is 0 Å². The van der Waals surface area contributed by atoms with Crippen molar-refractivity contribution < 1.29 is 4.42 Å². The SMILES string of the molecule is c1ccc(N(c2ccc(-c3ccc4cc(-c5ccc6ccccc6c5)ccc4c3)cc2)c2cc3ccccc3c3c2oc2ccccc23)c(-c2cccc3ccccc23)c1. The van der Waals surface area contributed by atoms with E-state index in [1.165, 1.54) is 60.0 Å². The molecule has 0 atom stereocenters. The molecule has 0 saturated carbocycles. The van der Waals surface area contributed by atoms with Gasteiger partial charge in [0.25, 0.3) is 0 Å². The van der Waals surface area contributed by atoms with E-state index in [2.05, 4.69) is 229 Å². The van der Waals surface area contributed by atoms with Gasteiger partial charge in [0.2, 0.25) is 0 Å². The van der Waals surface area contributed by atoms with Gasteiger partial charge < -0.3 is 9.32 Å². The van der Waals surface area contributed by atoms with Crippen LogP contribution in [0.1, 0.15) is 0 Å². The molecule has 0 aliphatic rings. The topological polar surface area (TPSA) is 16.4 Å². The fourth-order valence-electron chi connectivity index (χ4n) is 9.26. The Morgan fingerprint density at radius 1 is 0.300 bits per heavy atom. The molecule has 60 heavy (non-hydrogen) atoms. The molecule has 11 aromatic carbocycles. The second kappa shape index (κ2) is 13.9. The summed E-state index contributed by atoms with van der Waals surface area (Å²) in [5.74, 6) is 0. The molecule has 0 bridgehead atoms. The van der Waals surface area contributed by atoms with Crippen molar-refractivity contribution in [1.82, 2.24) is 0 Å². The molecule has 0 fully saturated rings. The summed E-state index contributed by atoms with van der Waals surface area (Å²) < 4.78 is 6.88. The summed E-state index contributed by atoms with van der Waals surface area (Å²) in [5, 5.41) is 12.0. The Bertz CT molecular complexity index is 3610. The lowest BCUT2D eigenvalue weighted by molar-refractivity contribution is 0.669. The van der Waals surface area contributed by atoms with Gasteiger partial charge in [-0.25, -0.2) is 0 Å². The third kappa shape index (κ3) is 5.65. The van der Waals surface area contributed by atoms with Gasteiger partial charge in [-0.1, -0.05) is 176 Å². The molecule has 0 aliphatic carbocycles. The van der Waals surface area contributed by atoms with Gasteiger partial charge in [0.05, 0.1) is 11.4 Å². The molecule has 12 aromatic rings. The summed E-state index contributed by atoms with van der Waals surface area (Å²) in [7, 11) is 0. The average molecular weight is 764 g/mol. The standard InChI is InChI=1S/C58H37NO/c1-2-14-41-34-43(25-24-38(41)12-1)46-29-28-44-35-42(26-27-45(44)36-46)39-30-32-48(33-31-39)59(54-22-9-7-19-52(54)51-21-11-16-40-13-3-5-17-49(40)51)55-37-47-15-4-6-18-50(47)57-53-20-8-10-23-56(53)60-58(55)57/h1-37H. The molecule has 0 aliphatic heterocycles. The van der Waals surface area contributed by atoms with Crippen LogP contribution < -0.4 is 4.90 Å². The predicted octanol–water partition coefficient (Wildman–Crippen LogP) is 16.7. The monoisotopic (exact) mass is 763 g/mol. The Kier molecular flexibility index (Phi) is 7.89. The molecule has 2 heteroatoms.